The van der Waals surface area contributed by atoms with E-state index in [-0.39, 0.29) is 18.4 Å². The van der Waals surface area contributed by atoms with E-state index < -0.39 is 18.1 Å². The topological polar surface area (TPSA) is 95.9 Å². The van der Waals surface area contributed by atoms with Gasteiger partial charge in [-0.1, -0.05) is 55.0 Å². The van der Waals surface area contributed by atoms with Crippen LogP contribution in [-0.4, -0.2) is 53.7 Å². The van der Waals surface area contributed by atoms with Crippen molar-refractivity contribution in [3.63, 3.8) is 0 Å². The Morgan fingerprint density at radius 3 is 2.30 bits per heavy atom. The summed E-state index contributed by atoms with van der Waals surface area (Å²) in [6.07, 6.45) is 3.37. The predicted molar refractivity (Wildman–Crippen MR) is 124 cm³/mol. The molecule has 1 heterocycles. The number of alkyl carbamates (subject to hydrolysis) is 1. The summed E-state index contributed by atoms with van der Waals surface area (Å²) in [5.74, 6) is -0.980. The summed E-state index contributed by atoms with van der Waals surface area (Å²) < 4.78 is 5.52. The van der Waals surface area contributed by atoms with Crippen molar-refractivity contribution >= 4 is 18.0 Å². The lowest BCUT2D eigenvalue weighted by Crippen LogP contribution is -2.40. The van der Waals surface area contributed by atoms with Crippen molar-refractivity contribution in [3.05, 3.63) is 59.7 Å². The van der Waals surface area contributed by atoms with E-state index in [0.717, 1.165) is 19.3 Å². The average Bonchev–Trinajstić information content (AvgIpc) is 3.43. The van der Waals surface area contributed by atoms with Crippen LogP contribution in [-0.2, 0) is 14.3 Å². The molecule has 0 saturated carbocycles. The molecular weight excluding hydrogens is 420 g/mol. The molecule has 2 amide bonds. The number of carbonyl (C=O) groups excluding carboxylic acids is 2. The molecule has 1 saturated heterocycles. The van der Waals surface area contributed by atoms with Gasteiger partial charge in [-0.3, -0.25) is 4.79 Å². The van der Waals surface area contributed by atoms with Gasteiger partial charge in [-0.2, -0.15) is 0 Å². The van der Waals surface area contributed by atoms with E-state index in [9.17, 15) is 19.5 Å². The SMILES string of the molecule is O=C(NCCCCCC(=O)N1CCCC1C(=O)O)OCC1c2ccccc2-c2ccccc21. The van der Waals surface area contributed by atoms with E-state index in [4.69, 9.17) is 4.74 Å². The van der Waals surface area contributed by atoms with Crippen LogP contribution in [0.4, 0.5) is 4.79 Å². The summed E-state index contributed by atoms with van der Waals surface area (Å²) in [5.41, 5.74) is 4.75. The number of unbranched alkanes of at least 4 members (excludes halogenated alkanes) is 2. The molecule has 33 heavy (non-hydrogen) atoms. The molecule has 4 rings (SSSR count). The number of amides is 2. The Hall–Kier alpha value is -3.35. The number of carboxylic acid groups (broad SMARTS) is 1. The maximum atomic E-state index is 12.3. The number of fused-ring (bicyclic) bond motifs is 3. The Bertz CT molecular complexity index is 976. The normalized spacial score (nSPS) is 16.8. The van der Waals surface area contributed by atoms with Gasteiger partial charge in [0.15, 0.2) is 0 Å². The van der Waals surface area contributed by atoms with Crippen molar-refractivity contribution in [1.29, 1.82) is 0 Å². The molecule has 1 aliphatic heterocycles. The van der Waals surface area contributed by atoms with Gasteiger partial charge in [0.2, 0.25) is 5.91 Å². The highest BCUT2D eigenvalue weighted by Crippen LogP contribution is 2.44. The second-order valence-corrected chi connectivity index (χ2v) is 8.65. The molecular formula is C26H30N2O5. The largest absolute Gasteiger partial charge is 0.480 e. The second kappa shape index (κ2) is 10.5. The lowest BCUT2D eigenvalue weighted by molar-refractivity contribution is -0.148. The molecule has 1 fully saturated rings. The van der Waals surface area contributed by atoms with Gasteiger partial charge >= 0.3 is 12.1 Å². The van der Waals surface area contributed by atoms with E-state index in [1.165, 1.54) is 27.2 Å². The van der Waals surface area contributed by atoms with Gasteiger partial charge in [0.25, 0.3) is 0 Å². The Morgan fingerprint density at radius 2 is 1.64 bits per heavy atom. The minimum atomic E-state index is -0.923. The third kappa shape index (κ3) is 5.18. The first-order valence-corrected chi connectivity index (χ1v) is 11.7. The first-order chi connectivity index (χ1) is 16.1. The Balaban J connectivity index is 1.15. The van der Waals surface area contributed by atoms with Crippen molar-refractivity contribution in [2.24, 2.45) is 0 Å². The summed E-state index contributed by atoms with van der Waals surface area (Å²) in [4.78, 5) is 37.1. The van der Waals surface area contributed by atoms with Crippen LogP contribution in [0, 0.1) is 0 Å². The van der Waals surface area contributed by atoms with E-state index in [2.05, 4.69) is 29.6 Å². The standard InChI is InChI=1S/C26H30N2O5/c29-24(28-16-8-13-23(28)25(30)31)14-2-1-7-15-27-26(32)33-17-22-20-11-5-3-9-18(20)19-10-4-6-12-21(19)22/h3-6,9-12,22-23H,1-2,7-8,13-17H2,(H,27,32)(H,30,31). The van der Waals surface area contributed by atoms with Crippen molar-refractivity contribution in [1.82, 2.24) is 10.2 Å². The van der Waals surface area contributed by atoms with E-state index >= 15 is 0 Å². The fourth-order valence-corrected chi connectivity index (χ4v) is 4.88. The number of benzene rings is 2. The fourth-order valence-electron chi connectivity index (χ4n) is 4.88. The van der Waals surface area contributed by atoms with Gasteiger partial charge in [0, 0.05) is 25.4 Å². The molecule has 2 aliphatic rings. The second-order valence-electron chi connectivity index (χ2n) is 8.65. The van der Waals surface area contributed by atoms with Crippen LogP contribution in [0.15, 0.2) is 48.5 Å². The zero-order valence-corrected chi connectivity index (χ0v) is 18.7. The predicted octanol–water partition coefficient (Wildman–Crippen LogP) is 4.16. The summed E-state index contributed by atoms with van der Waals surface area (Å²) >= 11 is 0. The molecule has 0 aromatic heterocycles. The van der Waals surface area contributed by atoms with Crippen LogP contribution >= 0.6 is 0 Å². The molecule has 1 aliphatic carbocycles. The minimum Gasteiger partial charge on any atom is -0.480 e. The Kier molecular flexibility index (Phi) is 7.27. The summed E-state index contributed by atoms with van der Waals surface area (Å²) in [6.45, 7) is 1.29. The monoisotopic (exact) mass is 450 g/mol. The number of hydrogen-bond donors (Lipinski definition) is 2. The highest BCUT2D eigenvalue weighted by atomic mass is 16.5. The van der Waals surface area contributed by atoms with Gasteiger partial charge < -0.3 is 20.1 Å². The van der Waals surface area contributed by atoms with Crippen molar-refractivity contribution in [3.8, 4) is 11.1 Å². The maximum absolute atomic E-state index is 12.3. The fraction of sp³-hybridized carbons (Fsp3) is 0.423. The number of ether oxygens (including phenoxy) is 1. The van der Waals surface area contributed by atoms with E-state index in [0.29, 0.717) is 32.4 Å². The summed E-state index contributed by atoms with van der Waals surface area (Å²) in [7, 11) is 0. The smallest absolute Gasteiger partial charge is 0.407 e. The van der Waals surface area contributed by atoms with Crippen molar-refractivity contribution in [2.45, 2.75) is 50.5 Å². The van der Waals surface area contributed by atoms with E-state index in [1.54, 1.807) is 0 Å². The van der Waals surface area contributed by atoms with Crippen molar-refractivity contribution < 1.29 is 24.2 Å². The van der Waals surface area contributed by atoms with Crippen LogP contribution in [0.3, 0.4) is 0 Å². The highest BCUT2D eigenvalue weighted by molar-refractivity contribution is 5.84. The summed E-state index contributed by atoms with van der Waals surface area (Å²) in [6, 6.07) is 15.8. The number of carboxylic acids is 1. The zero-order valence-electron chi connectivity index (χ0n) is 18.7. The maximum Gasteiger partial charge on any atom is 0.407 e. The van der Waals surface area contributed by atoms with Crippen LogP contribution in [0.5, 0.6) is 0 Å². The molecule has 2 aromatic carbocycles. The Labute approximate surface area is 193 Å². The van der Waals surface area contributed by atoms with Gasteiger partial charge in [0.05, 0.1) is 0 Å². The number of rotatable bonds is 9. The van der Waals surface area contributed by atoms with Gasteiger partial charge in [-0.15, -0.1) is 0 Å². The van der Waals surface area contributed by atoms with Crippen LogP contribution < -0.4 is 5.32 Å². The molecule has 1 atom stereocenters. The average molecular weight is 451 g/mol. The van der Waals surface area contributed by atoms with E-state index in [1.807, 2.05) is 24.3 Å². The first-order valence-electron chi connectivity index (χ1n) is 11.7. The minimum absolute atomic E-state index is 0.0365. The molecule has 7 heteroatoms. The zero-order chi connectivity index (χ0) is 23.2. The van der Waals surface area contributed by atoms with Crippen LogP contribution in [0.2, 0.25) is 0 Å². The summed E-state index contributed by atoms with van der Waals surface area (Å²) in [5, 5.41) is 12.0. The molecule has 1 unspecified atom stereocenters. The first kappa shape index (κ1) is 22.8. The number of hydrogen-bond acceptors (Lipinski definition) is 4. The molecule has 2 N–H and O–H groups in total. The number of carbonyl (C=O) groups is 3. The Morgan fingerprint density at radius 1 is 0.970 bits per heavy atom. The number of aliphatic carboxylic acids is 1. The quantitative estimate of drug-likeness (QED) is 0.559. The molecule has 174 valence electrons. The number of likely N-dealkylation sites (tertiary alicyclic amines) is 1. The molecule has 0 bridgehead atoms. The lowest BCUT2D eigenvalue weighted by atomic mass is 9.98. The van der Waals surface area contributed by atoms with Gasteiger partial charge in [0.1, 0.15) is 12.6 Å². The lowest BCUT2D eigenvalue weighted by Gasteiger charge is -2.21. The molecule has 0 radical (unpaired) electrons. The van der Waals surface area contributed by atoms with Crippen LogP contribution in [0.1, 0.15) is 55.6 Å². The van der Waals surface area contributed by atoms with Crippen LogP contribution in [0.25, 0.3) is 11.1 Å². The van der Waals surface area contributed by atoms with Crippen molar-refractivity contribution in [2.75, 3.05) is 19.7 Å². The van der Waals surface area contributed by atoms with Gasteiger partial charge in [-0.05, 0) is 47.9 Å². The molecule has 2 aromatic rings. The third-order valence-corrected chi connectivity index (χ3v) is 6.54. The van der Waals surface area contributed by atoms with Gasteiger partial charge in [-0.25, -0.2) is 9.59 Å². The molecule has 0 spiro atoms. The highest BCUT2D eigenvalue weighted by Gasteiger charge is 2.33. The number of nitrogens with zero attached hydrogens (tertiary/aromatic N) is 1. The molecule has 7 nitrogen and oxygen atoms in total. The third-order valence-electron chi connectivity index (χ3n) is 6.54. The number of nitrogens with one attached hydrogen (secondary N) is 1.